The molecule has 0 aliphatic carbocycles. The van der Waals surface area contributed by atoms with Crippen molar-refractivity contribution >= 4 is 31.6 Å². The summed E-state index contributed by atoms with van der Waals surface area (Å²) < 4.78 is 27.2. The van der Waals surface area contributed by atoms with Gasteiger partial charge in [-0.05, 0) is 30.3 Å². The summed E-state index contributed by atoms with van der Waals surface area (Å²) in [6.07, 6.45) is 0. The molecule has 0 aliphatic heterocycles. The molecule has 0 unspecified atom stereocenters. The predicted molar refractivity (Wildman–Crippen MR) is 73.1 cm³/mol. The van der Waals surface area contributed by atoms with Crippen molar-refractivity contribution in [2.45, 2.75) is 4.90 Å². The van der Waals surface area contributed by atoms with Crippen LogP contribution in [-0.2, 0) is 10.0 Å². The highest BCUT2D eigenvalue weighted by Gasteiger charge is 2.14. The van der Waals surface area contributed by atoms with Crippen LogP contribution in [0.15, 0.2) is 57.9 Å². The minimum Gasteiger partial charge on any atom is -0.508 e. The Morgan fingerprint density at radius 1 is 1.06 bits per heavy atom. The molecular weight excluding hydrogens is 318 g/mol. The lowest BCUT2D eigenvalue weighted by molar-refractivity contribution is 0.475. The van der Waals surface area contributed by atoms with Crippen LogP contribution >= 0.6 is 15.9 Å². The molecule has 6 heteroatoms. The molecule has 94 valence electrons. The lowest BCUT2D eigenvalue weighted by Crippen LogP contribution is -2.12. The van der Waals surface area contributed by atoms with Gasteiger partial charge >= 0.3 is 0 Å². The van der Waals surface area contributed by atoms with Crippen molar-refractivity contribution in [3.8, 4) is 5.75 Å². The van der Waals surface area contributed by atoms with Gasteiger partial charge in [-0.15, -0.1) is 0 Å². The summed E-state index contributed by atoms with van der Waals surface area (Å²) in [5.41, 5.74) is 0.315. The van der Waals surface area contributed by atoms with Crippen LogP contribution in [0.5, 0.6) is 5.75 Å². The normalized spacial score (nSPS) is 11.2. The van der Waals surface area contributed by atoms with Gasteiger partial charge in [0.25, 0.3) is 10.0 Å². The van der Waals surface area contributed by atoms with Gasteiger partial charge in [-0.2, -0.15) is 0 Å². The quantitative estimate of drug-likeness (QED) is 0.910. The summed E-state index contributed by atoms with van der Waals surface area (Å²) in [6, 6.07) is 12.3. The molecule has 0 radical (unpaired) electrons. The maximum atomic E-state index is 12.1. The monoisotopic (exact) mass is 327 g/mol. The number of anilines is 1. The molecule has 0 aromatic heterocycles. The molecular formula is C12H10BrNO3S. The van der Waals surface area contributed by atoms with Crippen LogP contribution in [0, 0.1) is 0 Å². The molecule has 0 aliphatic rings. The maximum absolute atomic E-state index is 12.1. The van der Waals surface area contributed by atoms with Gasteiger partial charge in [0.15, 0.2) is 0 Å². The van der Waals surface area contributed by atoms with Crippen molar-refractivity contribution < 1.29 is 13.5 Å². The van der Waals surface area contributed by atoms with E-state index < -0.39 is 10.0 Å². The molecule has 0 fully saturated rings. The van der Waals surface area contributed by atoms with Gasteiger partial charge in [-0.1, -0.05) is 28.1 Å². The molecule has 18 heavy (non-hydrogen) atoms. The highest BCUT2D eigenvalue weighted by Crippen LogP contribution is 2.21. The average molecular weight is 328 g/mol. The minimum atomic E-state index is -3.64. The Balaban J connectivity index is 2.33. The van der Waals surface area contributed by atoms with E-state index in [9.17, 15) is 13.5 Å². The van der Waals surface area contributed by atoms with Crippen LogP contribution in [0.3, 0.4) is 0 Å². The smallest absolute Gasteiger partial charge is 0.261 e. The minimum absolute atomic E-state index is 0.00411. The zero-order valence-electron chi connectivity index (χ0n) is 9.17. The molecule has 0 spiro atoms. The molecule has 0 bridgehead atoms. The summed E-state index contributed by atoms with van der Waals surface area (Å²) in [5, 5.41) is 9.28. The van der Waals surface area contributed by atoms with Crippen molar-refractivity contribution in [1.82, 2.24) is 0 Å². The van der Waals surface area contributed by atoms with Crippen molar-refractivity contribution in [2.75, 3.05) is 4.72 Å². The van der Waals surface area contributed by atoms with Crippen LogP contribution in [0.2, 0.25) is 0 Å². The fourth-order valence-electron chi connectivity index (χ4n) is 1.42. The number of sulfonamides is 1. The van der Waals surface area contributed by atoms with Crippen LogP contribution in [-0.4, -0.2) is 13.5 Å². The predicted octanol–water partition coefficient (Wildman–Crippen LogP) is 2.96. The third-order valence-corrected chi connectivity index (χ3v) is 4.08. The summed E-state index contributed by atoms with van der Waals surface area (Å²) >= 11 is 3.22. The van der Waals surface area contributed by atoms with Crippen LogP contribution in [0.4, 0.5) is 5.69 Å². The van der Waals surface area contributed by atoms with E-state index in [-0.39, 0.29) is 10.6 Å². The number of halogens is 1. The Labute approximate surface area is 113 Å². The Kier molecular flexibility index (Phi) is 3.58. The van der Waals surface area contributed by atoms with E-state index >= 15 is 0 Å². The Morgan fingerprint density at radius 2 is 1.78 bits per heavy atom. The summed E-state index contributed by atoms with van der Waals surface area (Å²) in [6.45, 7) is 0. The van der Waals surface area contributed by atoms with Crippen LogP contribution < -0.4 is 4.72 Å². The van der Waals surface area contributed by atoms with E-state index in [1.54, 1.807) is 24.3 Å². The SMILES string of the molecule is O=S(=O)(Nc1cccc(O)c1)c1cccc(Br)c1. The lowest BCUT2D eigenvalue weighted by Gasteiger charge is -2.08. The maximum Gasteiger partial charge on any atom is 0.261 e. The zero-order valence-corrected chi connectivity index (χ0v) is 11.6. The first-order chi connectivity index (χ1) is 8.47. The summed E-state index contributed by atoms with van der Waals surface area (Å²) in [5.74, 6) is 0.00411. The van der Waals surface area contributed by atoms with E-state index in [4.69, 9.17) is 0 Å². The van der Waals surface area contributed by atoms with E-state index in [2.05, 4.69) is 20.7 Å². The molecule has 2 aromatic carbocycles. The zero-order chi connectivity index (χ0) is 13.2. The average Bonchev–Trinajstić information content (AvgIpc) is 2.28. The van der Waals surface area contributed by atoms with Gasteiger partial charge in [0.05, 0.1) is 10.6 Å². The molecule has 0 heterocycles. The Hall–Kier alpha value is -1.53. The van der Waals surface area contributed by atoms with Gasteiger partial charge in [0, 0.05) is 10.5 Å². The first kappa shape index (κ1) is 12.9. The number of hydrogen-bond donors (Lipinski definition) is 2. The van der Waals surface area contributed by atoms with Crippen LogP contribution in [0.1, 0.15) is 0 Å². The number of phenolic OH excluding ortho intramolecular Hbond substituents is 1. The lowest BCUT2D eigenvalue weighted by atomic mass is 10.3. The Bertz CT molecular complexity index is 671. The molecule has 0 atom stereocenters. The second-order valence-corrected chi connectivity index (χ2v) is 6.21. The third kappa shape index (κ3) is 3.02. The summed E-state index contributed by atoms with van der Waals surface area (Å²) in [7, 11) is -3.64. The molecule has 2 N–H and O–H groups in total. The third-order valence-electron chi connectivity index (χ3n) is 2.20. The number of aromatic hydroxyl groups is 1. The van der Waals surface area contributed by atoms with Crippen molar-refractivity contribution in [2.24, 2.45) is 0 Å². The second-order valence-electron chi connectivity index (χ2n) is 3.61. The van der Waals surface area contributed by atoms with E-state index in [0.29, 0.717) is 10.2 Å². The highest BCUT2D eigenvalue weighted by molar-refractivity contribution is 9.10. The number of hydrogen-bond acceptors (Lipinski definition) is 3. The van der Waals surface area contributed by atoms with Gasteiger partial charge in [0.1, 0.15) is 5.75 Å². The van der Waals surface area contributed by atoms with Crippen molar-refractivity contribution in [3.63, 3.8) is 0 Å². The fourth-order valence-corrected chi connectivity index (χ4v) is 3.06. The standard InChI is InChI=1S/C12H10BrNO3S/c13-9-3-1-6-12(7-9)18(16,17)14-10-4-2-5-11(15)8-10/h1-8,14-15H. The topological polar surface area (TPSA) is 66.4 Å². The number of rotatable bonds is 3. The van der Waals surface area contributed by atoms with Crippen molar-refractivity contribution in [1.29, 1.82) is 0 Å². The first-order valence-electron chi connectivity index (χ1n) is 5.05. The van der Waals surface area contributed by atoms with Gasteiger partial charge in [-0.3, -0.25) is 4.72 Å². The number of phenols is 1. The van der Waals surface area contributed by atoms with Gasteiger partial charge in [0.2, 0.25) is 0 Å². The van der Waals surface area contributed by atoms with Gasteiger partial charge in [-0.25, -0.2) is 8.42 Å². The highest BCUT2D eigenvalue weighted by atomic mass is 79.9. The van der Waals surface area contributed by atoms with E-state index in [1.807, 2.05) is 0 Å². The number of nitrogens with one attached hydrogen (secondary N) is 1. The molecule has 4 nitrogen and oxygen atoms in total. The molecule has 2 rings (SSSR count). The summed E-state index contributed by atoms with van der Waals surface area (Å²) in [4.78, 5) is 0.153. The van der Waals surface area contributed by atoms with E-state index in [1.165, 1.54) is 24.3 Å². The molecule has 0 saturated heterocycles. The fraction of sp³-hybridized carbons (Fsp3) is 0. The second kappa shape index (κ2) is 4.99. The van der Waals surface area contributed by atoms with Crippen molar-refractivity contribution in [3.05, 3.63) is 53.0 Å². The molecule has 2 aromatic rings. The Morgan fingerprint density at radius 3 is 2.44 bits per heavy atom. The van der Waals surface area contributed by atoms with Crippen LogP contribution in [0.25, 0.3) is 0 Å². The molecule has 0 amide bonds. The largest absolute Gasteiger partial charge is 0.508 e. The first-order valence-corrected chi connectivity index (χ1v) is 7.32. The molecule has 0 saturated carbocycles. The van der Waals surface area contributed by atoms with Gasteiger partial charge < -0.3 is 5.11 Å². The number of benzene rings is 2. The van der Waals surface area contributed by atoms with E-state index in [0.717, 1.165) is 0 Å².